The summed E-state index contributed by atoms with van der Waals surface area (Å²) in [6, 6.07) is 16.4. The lowest BCUT2D eigenvalue weighted by atomic mass is 10.1. The third-order valence-electron chi connectivity index (χ3n) is 3.54. The first-order valence-electron chi connectivity index (χ1n) is 6.71. The van der Waals surface area contributed by atoms with Crippen LogP contribution in [0.15, 0.2) is 59.4 Å². The molecule has 0 spiro atoms. The van der Waals surface area contributed by atoms with Crippen LogP contribution >= 0.6 is 11.6 Å². The molecular weight excluding hydrogens is 286 g/mol. The molecule has 106 valence electrons. The number of fused-ring (bicyclic) bond motifs is 1. The Bertz CT molecular complexity index is 838. The molecule has 3 aromatic rings. The Balaban J connectivity index is 1.93. The minimum Gasteiger partial charge on any atom is -0.494 e. The summed E-state index contributed by atoms with van der Waals surface area (Å²) in [7, 11) is 0. The zero-order chi connectivity index (χ0) is 14.8. The maximum Gasteiger partial charge on any atom is 0.253 e. The lowest BCUT2D eigenvalue weighted by molar-refractivity contribution is 0.413. The number of pyridine rings is 1. The predicted octanol–water partition coefficient (Wildman–Crippen LogP) is 3.60. The van der Waals surface area contributed by atoms with Crippen LogP contribution in [0.4, 0.5) is 0 Å². The minimum atomic E-state index is -0.194. The molecule has 0 unspecified atom stereocenters. The molecule has 1 heterocycles. The van der Waals surface area contributed by atoms with Gasteiger partial charge in [0.25, 0.3) is 5.56 Å². The van der Waals surface area contributed by atoms with Crippen molar-refractivity contribution in [3.63, 3.8) is 0 Å². The van der Waals surface area contributed by atoms with Crippen LogP contribution in [0.5, 0.6) is 5.88 Å². The van der Waals surface area contributed by atoms with Crippen molar-refractivity contribution >= 4 is 22.4 Å². The molecule has 3 rings (SSSR count). The quantitative estimate of drug-likeness (QED) is 0.803. The third kappa shape index (κ3) is 2.78. The first-order valence-corrected chi connectivity index (χ1v) is 7.09. The Morgan fingerprint density at radius 2 is 1.76 bits per heavy atom. The zero-order valence-electron chi connectivity index (χ0n) is 11.3. The molecule has 1 aromatic heterocycles. The SMILES string of the molecule is O=c1cc2ccccc2c(O)n1CCc1ccc(Cl)cc1. The Morgan fingerprint density at radius 3 is 2.52 bits per heavy atom. The second-order valence-electron chi connectivity index (χ2n) is 4.92. The van der Waals surface area contributed by atoms with Crippen molar-refractivity contribution < 1.29 is 5.11 Å². The highest BCUT2D eigenvalue weighted by atomic mass is 35.5. The summed E-state index contributed by atoms with van der Waals surface area (Å²) in [6.45, 7) is 0.428. The molecule has 0 atom stereocenters. The molecule has 3 nitrogen and oxygen atoms in total. The van der Waals surface area contributed by atoms with Gasteiger partial charge in [-0.3, -0.25) is 9.36 Å². The van der Waals surface area contributed by atoms with E-state index in [-0.39, 0.29) is 11.4 Å². The Hall–Kier alpha value is -2.26. The van der Waals surface area contributed by atoms with Gasteiger partial charge in [-0.2, -0.15) is 0 Å². The molecule has 0 fully saturated rings. The van der Waals surface area contributed by atoms with Crippen LogP contribution in [-0.4, -0.2) is 9.67 Å². The lowest BCUT2D eigenvalue weighted by Crippen LogP contribution is -2.20. The van der Waals surface area contributed by atoms with Gasteiger partial charge in [0.1, 0.15) is 0 Å². The fourth-order valence-corrected chi connectivity index (χ4v) is 2.52. The molecule has 0 bridgehead atoms. The number of aryl methyl sites for hydroxylation is 1. The third-order valence-corrected chi connectivity index (χ3v) is 3.79. The van der Waals surface area contributed by atoms with E-state index in [2.05, 4.69) is 0 Å². The molecule has 0 aliphatic heterocycles. The number of halogens is 1. The van der Waals surface area contributed by atoms with E-state index < -0.39 is 0 Å². The van der Waals surface area contributed by atoms with E-state index in [4.69, 9.17) is 11.6 Å². The lowest BCUT2D eigenvalue weighted by Gasteiger charge is -2.11. The summed E-state index contributed by atoms with van der Waals surface area (Å²) in [5.74, 6) is 0.0204. The van der Waals surface area contributed by atoms with Gasteiger partial charge in [-0.1, -0.05) is 41.9 Å². The van der Waals surface area contributed by atoms with Gasteiger partial charge in [0, 0.05) is 23.0 Å². The molecule has 1 N–H and O–H groups in total. The summed E-state index contributed by atoms with van der Waals surface area (Å²) >= 11 is 5.85. The van der Waals surface area contributed by atoms with Gasteiger partial charge < -0.3 is 5.11 Å². The summed E-state index contributed by atoms with van der Waals surface area (Å²) in [4.78, 5) is 12.1. The molecule has 0 saturated carbocycles. The molecule has 0 radical (unpaired) electrons. The zero-order valence-corrected chi connectivity index (χ0v) is 12.0. The van der Waals surface area contributed by atoms with Crippen LogP contribution in [0.1, 0.15) is 5.56 Å². The number of hydrogen-bond donors (Lipinski definition) is 1. The maximum absolute atomic E-state index is 12.1. The molecule has 21 heavy (non-hydrogen) atoms. The highest BCUT2D eigenvalue weighted by Gasteiger charge is 2.08. The molecular formula is C17H14ClNO2. The maximum atomic E-state index is 12.1. The fraction of sp³-hybridized carbons (Fsp3) is 0.118. The Labute approximate surface area is 127 Å². The Kier molecular flexibility index (Phi) is 3.67. The number of rotatable bonds is 3. The molecule has 0 aliphatic carbocycles. The van der Waals surface area contributed by atoms with E-state index >= 15 is 0 Å². The van der Waals surface area contributed by atoms with Crippen molar-refractivity contribution in [3.05, 3.63) is 75.5 Å². The van der Waals surface area contributed by atoms with Crippen LogP contribution in [0.2, 0.25) is 5.02 Å². The predicted molar refractivity (Wildman–Crippen MR) is 85.0 cm³/mol. The average molecular weight is 300 g/mol. The second-order valence-corrected chi connectivity index (χ2v) is 5.36. The molecule has 4 heteroatoms. The summed E-state index contributed by atoms with van der Waals surface area (Å²) in [5, 5.41) is 12.4. The average Bonchev–Trinajstić information content (AvgIpc) is 2.49. The highest BCUT2D eigenvalue weighted by Crippen LogP contribution is 2.22. The van der Waals surface area contributed by atoms with E-state index in [1.54, 1.807) is 6.07 Å². The first-order chi connectivity index (χ1) is 10.1. The van der Waals surface area contributed by atoms with Crippen molar-refractivity contribution in [3.8, 4) is 5.88 Å². The standard InChI is InChI=1S/C17H14ClNO2/c18-14-7-5-12(6-8-14)9-10-19-16(20)11-13-3-1-2-4-15(13)17(19)21/h1-8,11,21H,9-10H2. The first kappa shape index (κ1) is 13.7. The van der Waals surface area contributed by atoms with Gasteiger partial charge in [0.2, 0.25) is 5.88 Å². The van der Waals surface area contributed by atoms with Crippen molar-refractivity contribution in [2.75, 3.05) is 0 Å². The fourth-order valence-electron chi connectivity index (χ4n) is 2.40. The van der Waals surface area contributed by atoms with E-state index in [0.29, 0.717) is 23.4 Å². The number of aromatic hydroxyl groups is 1. The monoisotopic (exact) mass is 299 g/mol. The van der Waals surface area contributed by atoms with Crippen molar-refractivity contribution in [2.45, 2.75) is 13.0 Å². The van der Waals surface area contributed by atoms with Gasteiger partial charge in [0.05, 0.1) is 0 Å². The summed E-state index contributed by atoms with van der Waals surface area (Å²) < 4.78 is 1.40. The minimum absolute atomic E-state index is 0.0204. The van der Waals surface area contributed by atoms with Crippen LogP contribution < -0.4 is 5.56 Å². The number of benzene rings is 2. The molecule has 2 aromatic carbocycles. The van der Waals surface area contributed by atoms with Gasteiger partial charge in [-0.25, -0.2) is 0 Å². The number of nitrogens with zero attached hydrogens (tertiary/aromatic N) is 1. The van der Waals surface area contributed by atoms with Gasteiger partial charge in [-0.05, 0) is 35.6 Å². The Morgan fingerprint density at radius 1 is 1.05 bits per heavy atom. The van der Waals surface area contributed by atoms with Crippen LogP contribution in [-0.2, 0) is 13.0 Å². The van der Waals surface area contributed by atoms with E-state index in [0.717, 1.165) is 10.9 Å². The van der Waals surface area contributed by atoms with Crippen LogP contribution in [0, 0.1) is 0 Å². The molecule has 0 aliphatic rings. The van der Waals surface area contributed by atoms with Crippen LogP contribution in [0.3, 0.4) is 0 Å². The normalized spacial score (nSPS) is 10.9. The van der Waals surface area contributed by atoms with Gasteiger partial charge in [-0.15, -0.1) is 0 Å². The number of aromatic nitrogens is 1. The number of hydrogen-bond acceptors (Lipinski definition) is 2. The second kappa shape index (κ2) is 5.62. The van der Waals surface area contributed by atoms with E-state index in [1.165, 1.54) is 4.57 Å². The van der Waals surface area contributed by atoms with Crippen molar-refractivity contribution in [1.82, 2.24) is 4.57 Å². The highest BCUT2D eigenvalue weighted by molar-refractivity contribution is 6.30. The molecule has 0 amide bonds. The van der Waals surface area contributed by atoms with Crippen molar-refractivity contribution in [1.29, 1.82) is 0 Å². The van der Waals surface area contributed by atoms with Crippen LogP contribution in [0.25, 0.3) is 10.8 Å². The smallest absolute Gasteiger partial charge is 0.253 e. The molecule has 0 saturated heterocycles. The van der Waals surface area contributed by atoms with Crippen molar-refractivity contribution in [2.24, 2.45) is 0 Å². The van der Waals surface area contributed by atoms with E-state index in [1.807, 2.05) is 48.5 Å². The van der Waals surface area contributed by atoms with Gasteiger partial charge >= 0.3 is 0 Å². The topological polar surface area (TPSA) is 42.2 Å². The summed E-state index contributed by atoms with van der Waals surface area (Å²) in [6.07, 6.45) is 0.656. The largest absolute Gasteiger partial charge is 0.494 e. The summed E-state index contributed by atoms with van der Waals surface area (Å²) in [5.41, 5.74) is 0.874. The van der Waals surface area contributed by atoms with Gasteiger partial charge in [0.15, 0.2) is 0 Å². The van der Waals surface area contributed by atoms with E-state index in [9.17, 15) is 9.90 Å².